The highest BCUT2D eigenvalue weighted by Crippen LogP contribution is 2.30. The number of benzene rings is 1. The van der Waals surface area contributed by atoms with Crippen LogP contribution in [0.25, 0.3) is 22.2 Å². The Balaban J connectivity index is 2.13. The Hall–Kier alpha value is -2.07. The van der Waals surface area contributed by atoms with Gasteiger partial charge in [0.2, 0.25) is 0 Å². The maximum absolute atomic E-state index is 5.73. The summed E-state index contributed by atoms with van der Waals surface area (Å²) in [6.07, 6.45) is 4.51. The molecule has 2 N–H and O–H groups in total. The zero-order chi connectivity index (χ0) is 12.5. The van der Waals surface area contributed by atoms with Gasteiger partial charge < -0.3 is 14.7 Å². The molecule has 18 heavy (non-hydrogen) atoms. The molecule has 3 aromatic rings. The average molecular weight is 241 g/mol. The molecule has 0 fully saturated rings. The third kappa shape index (κ3) is 1.71. The van der Waals surface area contributed by atoms with E-state index in [-0.39, 0.29) is 0 Å². The molecule has 0 bridgehead atoms. The highest BCUT2D eigenvalue weighted by atomic mass is 16.4. The summed E-state index contributed by atoms with van der Waals surface area (Å²) in [5.41, 5.74) is 7.76. The summed E-state index contributed by atoms with van der Waals surface area (Å²) in [7, 11) is 2.03. The molecule has 1 aromatic carbocycles. The Morgan fingerprint density at radius 2 is 2.17 bits per heavy atom. The van der Waals surface area contributed by atoms with Gasteiger partial charge in [-0.15, -0.1) is 0 Å². The van der Waals surface area contributed by atoms with Crippen molar-refractivity contribution in [3.63, 3.8) is 0 Å². The molecule has 0 radical (unpaired) electrons. The average Bonchev–Trinajstić information content (AvgIpc) is 2.96. The molecule has 0 amide bonds. The van der Waals surface area contributed by atoms with E-state index >= 15 is 0 Å². The Morgan fingerprint density at radius 3 is 3.00 bits per heavy atom. The topological polar surface area (TPSA) is 57.0 Å². The number of hydrogen-bond donors (Lipinski definition) is 1. The molecule has 4 heteroatoms. The summed E-state index contributed by atoms with van der Waals surface area (Å²) >= 11 is 0. The molecule has 0 aliphatic heterocycles. The van der Waals surface area contributed by atoms with E-state index in [1.807, 2.05) is 19.2 Å². The first-order valence-electron chi connectivity index (χ1n) is 5.99. The van der Waals surface area contributed by atoms with Gasteiger partial charge in [-0.05, 0) is 6.07 Å². The zero-order valence-corrected chi connectivity index (χ0v) is 10.3. The number of nitrogens with zero attached hydrogens (tertiary/aromatic N) is 2. The second-order valence-electron chi connectivity index (χ2n) is 4.33. The van der Waals surface area contributed by atoms with Gasteiger partial charge in [-0.2, -0.15) is 0 Å². The fourth-order valence-corrected chi connectivity index (χ4v) is 2.21. The molecule has 0 spiro atoms. The fourth-order valence-electron chi connectivity index (χ4n) is 2.21. The van der Waals surface area contributed by atoms with Crippen LogP contribution in [-0.4, -0.2) is 16.1 Å². The van der Waals surface area contributed by atoms with Crippen LogP contribution in [0.15, 0.2) is 41.1 Å². The minimum Gasteiger partial charge on any atom is -0.441 e. The quantitative estimate of drug-likeness (QED) is 0.765. The molecule has 0 saturated carbocycles. The van der Waals surface area contributed by atoms with Crippen LogP contribution in [0.2, 0.25) is 0 Å². The van der Waals surface area contributed by atoms with Gasteiger partial charge in [0, 0.05) is 42.7 Å². The molecule has 0 unspecified atom stereocenters. The summed E-state index contributed by atoms with van der Waals surface area (Å²) in [6, 6.07) is 8.25. The zero-order valence-electron chi connectivity index (χ0n) is 10.3. The minimum atomic E-state index is 0.551. The van der Waals surface area contributed by atoms with Gasteiger partial charge in [-0.3, -0.25) is 0 Å². The summed E-state index contributed by atoms with van der Waals surface area (Å²) in [5.74, 6) is 1.50. The van der Waals surface area contributed by atoms with E-state index in [9.17, 15) is 0 Å². The van der Waals surface area contributed by atoms with E-state index in [4.69, 9.17) is 10.2 Å². The van der Waals surface area contributed by atoms with Gasteiger partial charge in [0.25, 0.3) is 0 Å². The third-order valence-corrected chi connectivity index (χ3v) is 3.07. The third-order valence-electron chi connectivity index (χ3n) is 3.07. The fraction of sp³-hybridized carbons (Fsp3) is 0.214. The summed E-state index contributed by atoms with van der Waals surface area (Å²) in [4.78, 5) is 4.24. The highest BCUT2D eigenvalue weighted by Gasteiger charge is 2.12. The molecule has 0 saturated heterocycles. The molecule has 0 atom stereocenters. The van der Waals surface area contributed by atoms with Crippen LogP contribution in [0.4, 0.5) is 0 Å². The van der Waals surface area contributed by atoms with Gasteiger partial charge in [-0.25, -0.2) is 4.98 Å². The first-order chi connectivity index (χ1) is 8.79. The van der Waals surface area contributed by atoms with Gasteiger partial charge >= 0.3 is 0 Å². The van der Waals surface area contributed by atoms with Crippen LogP contribution >= 0.6 is 0 Å². The Kier molecular flexibility index (Phi) is 2.64. The van der Waals surface area contributed by atoms with Crippen molar-refractivity contribution in [2.75, 3.05) is 6.54 Å². The van der Waals surface area contributed by atoms with Gasteiger partial charge in [0.05, 0.1) is 6.20 Å². The van der Waals surface area contributed by atoms with E-state index in [0.717, 1.165) is 11.3 Å². The number of aromatic nitrogens is 2. The molecular weight excluding hydrogens is 226 g/mol. The number of para-hydroxylation sites is 1. The van der Waals surface area contributed by atoms with Crippen LogP contribution in [0.3, 0.4) is 0 Å². The van der Waals surface area contributed by atoms with Crippen molar-refractivity contribution < 1.29 is 4.42 Å². The lowest BCUT2D eigenvalue weighted by molar-refractivity contribution is 0.508. The van der Waals surface area contributed by atoms with E-state index < -0.39 is 0 Å². The summed E-state index contributed by atoms with van der Waals surface area (Å²) in [6.45, 7) is 0.551. The van der Waals surface area contributed by atoms with E-state index in [1.54, 1.807) is 6.20 Å². The first kappa shape index (κ1) is 11.0. The maximum atomic E-state index is 5.73. The molecule has 3 rings (SSSR count). The lowest BCUT2D eigenvalue weighted by Gasteiger charge is -1.94. The van der Waals surface area contributed by atoms with E-state index in [2.05, 4.69) is 27.9 Å². The number of aryl methyl sites for hydroxylation is 1. The molecule has 0 aliphatic carbocycles. The second-order valence-corrected chi connectivity index (χ2v) is 4.33. The number of fused-ring (bicyclic) bond motifs is 1. The molecular formula is C14H15N3O. The van der Waals surface area contributed by atoms with Crippen molar-refractivity contribution in [1.82, 2.24) is 9.55 Å². The molecule has 2 heterocycles. The van der Waals surface area contributed by atoms with Gasteiger partial charge in [0.1, 0.15) is 0 Å². The van der Waals surface area contributed by atoms with Crippen molar-refractivity contribution >= 4 is 10.9 Å². The van der Waals surface area contributed by atoms with Gasteiger partial charge in [0.15, 0.2) is 11.7 Å². The van der Waals surface area contributed by atoms with Crippen LogP contribution in [-0.2, 0) is 13.5 Å². The largest absolute Gasteiger partial charge is 0.441 e. The van der Waals surface area contributed by atoms with E-state index in [0.29, 0.717) is 18.9 Å². The van der Waals surface area contributed by atoms with Gasteiger partial charge in [-0.1, -0.05) is 18.2 Å². The lowest BCUT2D eigenvalue weighted by atomic mass is 10.1. The highest BCUT2D eigenvalue weighted by molar-refractivity contribution is 5.94. The normalized spacial score (nSPS) is 11.2. The molecule has 0 aliphatic rings. The predicted molar refractivity (Wildman–Crippen MR) is 71.2 cm³/mol. The van der Waals surface area contributed by atoms with Crippen molar-refractivity contribution in [2.24, 2.45) is 12.8 Å². The number of oxazole rings is 1. The minimum absolute atomic E-state index is 0.551. The number of nitrogens with two attached hydrogens (primary N) is 1. The number of hydrogen-bond acceptors (Lipinski definition) is 3. The van der Waals surface area contributed by atoms with Crippen LogP contribution in [0.1, 0.15) is 5.89 Å². The Labute approximate surface area is 105 Å². The predicted octanol–water partition coefficient (Wildman–Crippen LogP) is 2.33. The van der Waals surface area contributed by atoms with Crippen LogP contribution in [0, 0.1) is 0 Å². The lowest BCUT2D eigenvalue weighted by Crippen LogP contribution is -2.02. The first-order valence-corrected chi connectivity index (χ1v) is 5.99. The van der Waals surface area contributed by atoms with Crippen LogP contribution in [0.5, 0.6) is 0 Å². The van der Waals surface area contributed by atoms with Crippen molar-refractivity contribution in [2.45, 2.75) is 6.42 Å². The van der Waals surface area contributed by atoms with Crippen molar-refractivity contribution in [3.05, 3.63) is 42.5 Å². The SMILES string of the molecule is Cn1cc(-c2cnc(CCN)o2)c2ccccc21. The van der Waals surface area contributed by atoms with Crippen LogP contribution < -0.4 is 5.73 Å². The van der Waals surface area contributed by atoms with E-state index in [1.165, 1.54) is 10.9 Å². The molecule has 4 nitrogen and oxygen atoms in total. The van der Waals surface area contributed by atoms with Crippen molar-refractivity contribution in [1.29, 1.82) is 0 Å². The molecule has 92 valence electrons. The Morgan fingerprint density at radius 1 is 1.33 bits per heavy atom. The maximum Gasteiger partial charge on any atom is 0.196 e. The van der Waals surface area contributed by atoms with Crippen molar-refractivity contribution in [3.8, 4) is 11.3 Å². The second kappa shape index (κ2) is 4.31. The molecule has 2 aromatic heterocycles. The Bertz CT molecular complexity index is 681. The summed E-state index contributed by atoms with van der Waals surface area (Å²) < 4.78 is 7.82. The standard InChI is InChI=1S/C14H15N3O/c1-17-9-11(10-4-2-3-5-12(10)17)13-8-16-14(18-13)6-7-15/h2-5,8-9H,6-7,15H2,1H3. The monoisotopic (exact) mass is 241 g/mol. The number of rotatable bonds is 3. The smallest absolute Gasteiger partial charge is 0.196 e. The summed E-state index contributed by atoms with van der Waals surface area (Å²) in [5, 5.41) is 1.18.